The maximum Gasteiger partial charge on any atom is 0.404 e. The molecule has 3 heterocycles. The largest absolute Gasteiger partial charge is 0.464 e. The van der Waals surface area contributed by atoms with Gasteiger partial charge in [0.2, 0.25) is 5.91 Å². The number of alkyl halides is 1. The van der Waals surface area contributed by atoms with Gasteiger partial charge in [0.1, 0.15) is 5.82 Å². The lowest BCUT2D eigenvalue weighted by Crippen LogP contribution is -2.69. The topological polar surface area (TPSA) is 119 Å². The summed E-state index contributed by atoms with van der Waals surface area (Å²) >= 11 is 0. The van der Waals surface area contributed by atoms with E-state index in [4.69, 9.17) is 14.2 Å². The van der Waals surface area contributed by atoms with Crippen molar-refractivity contribution in [1.82, 2.24) is 15.2 Å². The van der Waals surface area contributed by atoms with Gasteiger partial charge in [-0.05, 0) is 55.7 Å². The van der Waals surface area contributed by atoms with Crippen LogP contribution in [-0.2, 0) is 20.7 Å². The monoisotopic (exact) mass is 486 g/mol. The van der Waals surface area contributed by atoms with Gasteiger partial charge >= 0.3 is 18.0 Å². The Bertz CT molecular complexity index is 1160. The number of nitrogens with zero attached hydrogens (tertiary/aromatic N) is 2. The van der Waals surface area contributed by atoms with Gasteiger partial charge < -0.3 is 24.8 Å². The summed E-state index contributed by atoms with van der Waals surface area (Å²) in [5.41, 5.74) is 1.40. The molecule has 4 atom stereocenters. The van der Waals surface area contributed by atoms with Crippen LogP contribution in [0.15, 0.2) is 36.5 Å². The van der Waals surface area contributed by atoms with Gasteiger partial charge in [-0.2, -0.15) is 4.39 Å². The van der Waals surface area contributed by atoms with E-state index in [0.29, 0.717) is 11.4 Å². The highest BCUT2D eigenvalue weighted by Gasteiger charge is 2.55. The number of hydrogen-bond donors (Lipinski definition) is 2. The van der Waals surface area contributed by atoms with Gasteiger partial charge in [0, 0.05) is 20.2 Å². The van der Waals surface area contributed by atoms with Gasteiger partial charge in [0.05, 0.1) is 18.6 Å². The summed E-state index contributed by atoms with van der Waals surface area (Å²) in [5, 5.41) is 5.64. The van der Waals surface area contributed by atoms with Gasteiger partial charge in [-0.25, -0.2) is 19.5 Å². The van der Waals surface area contributed by atoms with E-state index < -0.39 is 42.0 Å². The van der Waals surface area contributed by atoms with Crippen LogP contribution in [0.1, 0.15) is 37.9 Å². The molecule has 2 aromatic rings. The predicted octanol–water partition coefficient (Wildman–Crippen LogP) is 2.94. The summed E-state index contributed by atoms with van der Waals surface area (Å²) in [6.07, 6.45) is 1.86. The number of hydrogen-bond acceptors (Lipinski definition) is 8. The highest BCUT2D eigenvalue weighted by molar-refractivity contribution is 6.08. The first kappa shape index (κ1) is 24.2. The molecular formula is C24H27FN4O6. The number of anilines is 1. The van der Waals surface area contributed by atoms with E-state index in [2.05, 4.69) is 15.6 Å². The van der Waals surface area contributed by atoms with Crippen LogP contribution >= 0.6 is 0 Å². The van der Waals surface area contributed by atoms with Crippen molar-refractivity contribution in [3.63, 3.8) is 0 Å². The number of ether oxygens (including phenoxy) is 3. The zero-order valence-corrected chi connectivity index (χ0v) is 19.8. The molecule has 4 rings (SSSR count). The maximum atomic E-state index is 14.0. The molecule has 0 spiro atoms. The second-order valence-electron chi connectivity index (χ2n) is 8.43. The van der Waals surface area contributed by atoms with E-state index in [0.717, 1.165) is 17.4 Å². The molecule has 0 radical (unpaired) electrons. The van der Waals surface area contributed by atoms with Crippen LogP contribution in [0.2, 0.25) is 0 Å². The number of nitrogens with one attached hydrogen (secondary N) is 2. The molecule has 0 aliphatic carbocycles. The van der Waals surface area contributed by atoms with Crippen molar-refractivity contribution in [2.24, 2.45) is 5.92 Å². The normalized spacial score (nSPS) is 23.3. The fourth-order valence-corrected chi connectivity index (χ4v) is 4.17. The number of pyridine rings is 1. The second kappa shape index (κ2) is 9.40. The van der Waals surface area contributed by atoms with Crippen molar-refractivity contribution in [2.45, 2.75) is 45.3 Å². The minimum Gasteiger partial charge on any atom is -0.464 e. The number of carbonyl (C=O) groups is 3. The number of halogens is 1. The van der Waals surface area contributed by atoms with E-state index in [1.54, 1.807) is 57.4 Å². The van der Waals surface area contributed by atoms with Gasteiger partial charge in [-0.15, -0.1) is 0 Å². The Balaban J connectivity index is 1.48. The van der Waals surface area contributed by atoms with Crippen molar-refractivity contribution in [3.05, 3.63) is 47.7 Å². The standard InChI is InChI=1S/C24H27FN4O6/c1-5-33-22(31)20-16(10-14-8-9-27-19(11-14)26-4)21(30)29(20)23(32)28-13(2)15-6-7-17-18(12-15)35-24(3,25)34-17/h6-9,11-13,16,20H,5,10H2,1-4H3,(H,26,27)(H,28,32)/t13-,16-,20+,24?/m1/s1. The molecule has 2 aliphatic heterocycles. The molecule has 1 saturated heterocycles. The van der Waals surface area contributed by atoms with Crippen LogP contribution in [0.4, 0.5) is 15.0 Å². The molecule has 0 bridgehead atoms. The van der Waals surface area contributed by atoms with E-state index >= 15 is 0 Å². The number of benzene rings is 1. The number of amides is 3. The van der Waals surface area contributed by atoms with Crippen molar-refractivity contribution in [1.29, 1.82) is 0 Å². The molecular weight excluding hydrogens is 459 g/mol. The molecule has 35 heavy (non-hydrogen) atoms. The van der Waals surface area contributed by atoms with E-state index in [1.165, 1.54) is 0 Å². The van der Waals surface area contributed by atoms with Crippen molar-refractivity contribution in [3.8, 4) is 11.5 Å². The number of urea groups is 1. The molecule has 11 heteroatoms. The van der Waals surface area contributed by atoms with Crippen LogP contribution in [0.5, 0.6) is 11.5 Å². The number of aromatic nitrogens is 1. The average molecular weight is 487 g/mol. The van der Waals surface area contributed by atoms with Crippen molar-refractivity contribution >= 4 is 23.7 Å². The molecule has 2 aliphatic rings. The Kier molecular flexibility index (Phi) is 6.51. The fourth-order valence-electron chi connectivity index (χ4n) is 4.17. The summed E-state index contributed by atoms with van der Waals surface area (Å²) in [6.45, 7) is 4.61. The lowest BCUT2D eigenvalue weighted by molar-refractivity contribution is -0.173. The molecule has 1 unspecified atom stereocenters. The molecule has 1 aromatic heterocycles. The van der Waals surface area contributed by atoms with Crippen LogP contribution in [0, 0.1) is 5.92 Å². The summed E-state index contributed by atoms with van der Waals surface area (Å²) in [6, 6.07) is 3.67. The van der Waals surface area contributed by atoms with Crippen LogP contribution in [-0.4, -0.2) is 53.5 Å². The van der Waals surface area contributed by atoms with Gasteiger partial charge in [0.25, 0.3) is 0 Å². The van der Waals surface area contributed by atoms with E-state index in [1.807, 2.05) is 0 Å². The van der Waals surface area contributed by atoms with Gasteiger partial charge in [0.15, 0.2) is 17.5 Å². The van der Waals surface area contributed by atoms with Crippen LogP contribution < -0.4 is 20.1 Å². The number of fused-ring (bicyclic) bond motifs is 1. The number of likely N-dealkylation sites (tertiary alicyclic amines) is 1. The third-order valence-corrected chi connectivity index (χ3v) is 5.89. The maximum absolute atomic E-state index is 14.0. The molecule has 1 fully saturated rings. The zero-order valence-electron chi connectivity index (χ0n) is 19.8. The smallest absolute Gasteiger partial charge is 0.404 e. The lowest BCUT2D eigenvalue weighted by atomic mass is 9.82. The van der Waals surface area contributed by atoms with E-state index in [9.17, 15) is 18.8 Å². The predicted molar refractivity (Wildman–Crippen MR) is 122 cm³/mol. The first-order valence-corrected chi connectivity index (χ1v) is 11.3. The first-order valence-electron chi connectivity index (χ1n) is 11.3. The molecule has 0 saturated carbocycles. The minimum absolute atomic E-state index is 0.117. The zero-order chi connectivity index (χ0) is 25.3. The highest BCUT2D eigenvalue weighted by atomic mass is 19.2. The highest BCUT2D eigenvalue weighted by Crippen LogP contribution is 2.41. The van der Waals surface area contributed by atoms with E-state index in [-0.39, 0.29) is 24.5 Å². The Labute approximate surface area is 201 Å². The second-order valence-corrected chi connectivity index (χ2v) is 8.43. The summed E-state index contributed by atoms with van der Waals surface area (Å²) in [7, 11) is 1.73. The molecule has 186 valence electrons. The first-order chi connectivity index (χ1) is 16.6. The number of carbonyl (C=O) groups excluding carboxylic acids is 3. The van der Waals surface area contributed by atoms with Crippen molar-refractivity contribution < 1.29 is 33.0 Å². The quantitative estimate of drug-likeness (QED) is 0.453. The number of esters is 1. The molecule has 2 N–H and O–H groups in total. The average Bonchev–Trinajstić information content (AvgIpc) is 3.13. The van der Waals surface area contributed by atoms with Crippen LogP contribution in [0.3, 0.4) is 0 Å². The van der Waals surface area contributed by atoms with Crippen LogP contribution in [0.25, 0.3) is 0 Å². The summed E-state index contributed by atoms with van der Waals surface area (Å²) in [5.74, 6) is -0.783. The molecule has 1 aromatic carbocycles. The Morgan fingerprint density at radius 3 is 2.71 bits per heavy atom. The Morgan fingerprint density at radius 2 is 2.00 bits per heavy atom. The van der Waals surface area contributed by atoms with Gasteiger partial charge in [-0.3, -0.25) is 4.79 Å². The lowest BCUT2D eigenvalue weighted by Gasteiger charge is -2.44. The SMILES string of the molecule is CCOC(=O)[C@@H]1[C@@H](Cc2ccnc(NC)c2)C(=O)N1C(=O)N[C@H](C)c1ccc2c(c1)OC(C)(F)O2. The number of β-lactam (4-membered cyclic amide) rings is 1. The summed E-state index contributed by atoms with van der Waals surface area (Å²) in [4.78, 5) is 43.7. The summed E-state index contributed by atoms with van der Waals surface area (Å²) < 4.78 is 29.3. The fraction of sp³-hybridized carbons (Fsp3) is 0.417. The van der Waals surface area contributed by atoms with Crippen molar-refractivity contribution in [2.75, 3.05) is 19.0 Å². The molecule has 3 amide bonds. The Morgan fingerprint density at radius 1 is 1.26 bits per heavy atom. The minimum atomic E-state index is -2.26. The number of rotatable bonds is 7. The van der Waals surface area contributed by atoms with Gasteiger partial charge in [-0.1, -0.05) is 6.07 Å². The number of imide groups is 1. The Hall–Kier alpha value is -3.89. The molecule has 10 nitrogen and oxygen atoms in total. The third-order valence-electron chi connectivity index (χ3n) is 5.89. The third kappa shape index (κ3) is 4.84.